The summed E-state index contributed by atoms with van der Waals surface area (Å²) in [6.07, 6.45) is 1.70. The van der Waals surface area contributed by atoms with Gasteiger partial charge in [0.2, 0.25) is 0 Å². The van der Waals surface area contributed by atoms with Crippen LogP contribution in [0, 0.1) is 20.8 Å². The largest absolute Gasteiger partial charge is 0.397 e. The lowest BCUT2D eigenvalue weighted by molar-refractivity contribution is 0.102. The zero-order valence-electron chi connectivity index (χ0n) is 11.6. The number of carbonyl (C=O) groups is 1. The maximum absolute atomic E-state index is 12.2. The second-order valence-electron chi connectivity index (χ2n) is 4.73. The second-order valence-corrected chi connectivity index (χ2v) is 4.73. The first-order valence-electron chi connectivity index (χ1n) is 6.07. The molecule has 2 aromatic rings. The van der Waals surface area contributed by atoms with Crippen molar-refractivity contribution in [2.75, 3.05) is 11.1 Å². The van der Waals surface area contributed by atoms with Crippen LogP contribution in [0.25, 0.3) is 0 Å². The third-order valence-corrected chi connectivity index (χ3v) is 3.26. The Morgan fingerprint density at radius 2 is 2.00 bits per heavy atom. The Morgan fingerprint density at radius 3 is 2.58 bits per heavy atom. The van der Waals surface area contributed by atoms with Gasteiger partial charge in [0.05, 0.1) is 22.6 Å². The predicted octanol–water partition coefficient (Wildman–Crippen LogP) is 2.18. The van der Waals surface area contributed by atoms with Crippen LogP contribution in [0.5, 0.6) is 0 Å². The molecule has 1 amide bonds. The second kappa shape index (κ2) is 4.76. The molecular weight excluding hydrogens is 240 g/mol. The summed E-state index contributed by atoms with van der Waals surface area (Å²) in [5, 5.41) is 7.03. The normalized spacial score (nSPS) is 10.5. The number of nitrogens with two attached hydrogens (primary N) is 1. The number of aromatic nitrogens is 2. The molecule has 0 saturated carbocycles. The Hall–Kier alpha value is -2.30. The smallest absolute Gasteiger partial charge is 0.259 e. The Balaban J connectivity index is 2.34. The van der Waals surface area contributed by atoms with E-state index in [1.165, 1.54) is 0 Å². The van der Waals surface area contributed by atoms with Crippen molar-refractivity contribution in [2.24, 2.45) is 7.05 Å². The quantitative estimate of drug-likeness (QED) is 0.811. The standard InChI is InChI=1S/C14H18N4O/c1-8-5-6-12(15)13(9(8)2)16-14(19)11-7-18(4)17-10(11)3/h5-7H,15H2,1-4H3,(H,16,19). The summed E-state index contributed by atoms with van der Waals surface area (Å²) >= 11 is 0. The first-order valence-corrected chi connectivity index (χ1v) is 6.07. The van der Waals surface area contributed by atoms with E-state index in [1.807, 2.05) is 19.9 Å². The van der Waals surface area contributed by atoms with E-state index in [2.05, 4.69) is 10.4 Å². The van der Waals surface area contributed by atoms with Crippen molar-refractivity contribution in [3.8, 4) is 0 Å². The van der Waals surface area contributed by atoms with Crippen molar-refractivity contribution in [2.45, 2.75) is 20.8 Å². The van der Waals surface area contributed by atoms with Crippen molar-refractivity contribution in [3.63, 3.8) is 0 Å². The lowest BCUT2D eigenvalue weighted by Crippen LogP contribution is -2.15. The number of nitrogens with one attached hydrogen (secondary N) is 1. The molecule has 0 aliphatic heterocycles. The van der Waals surface area contributed by atoms with Gasteiger partial charge in [0.15, 0.2) is 0 Å². The van der Waals surface area contributed by atoms with E-state index in [9.17, 15) is 4.79 Å². The average molecular weight is 258 g/mol. The number of carbonyl (C=O) groups excluding carboxylic acids is 1. The Labute approximate surface area is 112 Å². The van der Waals surface area contributed by atoms with Gasteiger partial charge in [-0.25, -0.2) is 0 Å². The van der Waals surface area contributed by atoms with Crippen LogP contribution in [0.2, 0.25) is 0 Å². The highest BCUT2D eigenvalue weighted by molar-refractivity contribution is 6.06. The van der Waals surface area contributed by atoms with Gasteiger partial charge in [-0.1, -0.05) is 6.07 Å². The van der Waals surface area contributed by atoms with Crippen LogP contribution in [-0.2, 0) is 7.05 Å². The van der Waals surface area contributed by atoms with Gasteiger partial charge >= 0.3 is 0 Å². The third-order valence-electron chi connectivity index (χ3n) is 3.26. The maximum atomic E-state index is 12.2. The zero-order chi connectivity index (χ0) is 14.2. The van der Waals surface area contributed by atoms with Crippen LogP contribution in [0.1, 0.15) is 27.2 Å². The molecule has 2 rings (SSSR count). The molecule has 0 saturated heterocycles. The number of hydrogen-bond acceptors (Lipinski definition) is 3. The number of amides is 1. The predicted molar refractivity (Wildman–Crippen MR) is 76.2 cm³/mol. The molecule has 0 unspecified atom stereocenters. The summed E-state index contributed by atoms with van der Waals surface area (Å²) in [7, 11) is 1.79. The molecule has 3 N–H and O–H groups in total. The summed E-state index contributed by atoms with van der Waals surface area (Å²) in [5.41, 5.74) is 10.5. The maximum Gasteiger partial charge on any atom is 0.259 e. The van der Waals surface area contributed by atoms with Crippen molar-refractivity contribution < 1.29 is 4.79 Å². The van der Waals surface area contributed by atoms with Gasteiger partial charge in [0.25, 0.3) is 5.91 Å². The van der Waals surface area contributed by atoms with Crippen LogP contribution in [-0.4, -0.2) is 15.7 Å². The molecule has 1 heterocycles. The summed E-state index contributed by atoms with van der Waals surface area (Å²) in [6, 6.07) is 3.74. The molecule has 0 atom stereocenters. The lowest BCUT2D eigenvalue weighted by Gasteiger charge is -2.13. The fourth-order valence-corrected chi connectivity index (χ4v) is 2.01. The highest BCUT2D eigenvalue weighted by atomic mass is 16.1. The minimum Gasteiger partial charge on any atom is -0.397 e. The van der Waals surface area contributed by atoms with Gasteiger partial charge in [-0.05, 0) is 38.0 Å². The SMILES string of the molecule is Cc1ccc(N)c(NC(=O)c2cn(C)nc2C)c1C. The van der Waals surface area contributed by atoms with Crippen molar-refractivity contribution in [3.05, 3.63) is 40.7 Å². The number of nitrogen functional groups attached to an aromatic ring is 1. The number of rotatable bonds is 2. The molecule has 100 valence electrons. The molecular formula is C14H18N4O. The molecule has 0 fully saturated rings. The fourth-order valence-electron chi connectivity index (χ4n) is 2.01. The Bertz CT molecular complexity index is 643. The van der Waals surface area contributed by atoms with E-state index in [-0.39, 0.29) is 5.91 Å². The van der Waals surface area contributed by atoms with E-state index in [0.717, 1.165) is 11.1 Å². The van der Waals surface area contributed by atoms with Crippen LogP contribution in [0.15, 0.2) is 18.3 Å². The van der Waals surface area contributed by atoms with E-state index >= 15 is 0 Å². The van der Waals surface area contributed by atoms with E-state index in [0.29, 0.717) is 22.6 Å². The van der Waals surface area contributed by atoms with Gasteiger partial charge in [0, 0.05) is 13.2 Å². The first kappa shape index (κ1) is 13.1. The van der Waals surface area contributed by atoms with Gasteiger partial charge < -0.3 is 11.1 Å². The van der Waals surface area contributed by atoms with Crippen LogP contribution >= 0.6 is 0 Å². The van der Waals surface area contributed by atoms with Crippen molar-refractivity contribution >= 4 is 17.3 Å². The fraction of sp³-hybridized carbons (Fsp3) is 0.286. The molecule has 1 aromatic carbocycles. The molecule has 0 spiro atoms. The molecule has 5 heteroatoms. The van der Waals surface area contributed by atoms with Crippen LogP contribution < -0.4 is 11.1 Å². The molecule has 0 aliphatic rings. The molecule has 1 aromatic heterocycles. The number of anilines is 2. The monoisotopic (exact) mass is 258 g/mol. The average Bonchev–Trinajstić information content (AvgIpc) is 2.69. The molecule has 0 aliphatic carbocycles. The van der Waals surface area contributed by atoms with Crippen LogP contribution in [0.4, 0.5) is 11.4 Å². The highest BCUT2D eigenvalue weighted by Gasteiger charge is 2.15. The Kier molecular flexibility index (Phi) is 3.29. The minimum absolute atomic E-state index is 0.189. The van der Waals surface area contributed by atoms with E-state index in [1.54, 1.807) is 30.9 Å². The molecule has 0 bridgehead atoms. The number of hydrogen-bond donors (Lipinski definition) is 2. The van der Waals surface area contributed by atoms with Crippen molar-refractivity contribution in [1.29, 1.82) is 0 Å². The number of benzene rings is 1. The topological polar surface area (TPSA) is 72.9 Å². The third kappa shape index (κ3) is 2.45. The van der Waals surface area contributed by atoms with Gasteiger partial charge in [-0.3, -0.25) is 9.48 Å². The lowest BCUT2D eigenvalue weighted by atomic mass is 10.1. The van der Waals surface area contributed by atoms with Crippen LogP contribution in [0.3, 0.4) is 0 Å². The van der Waals surface area contributed by atoms with Gasteiger partial charge in [-0.15, -0.1) is 0 Å². The van der Waals surface area contributed by atoms with E-state index < -0.39 is 0 Å². The molecule has 19 heavy (non-hydrogen) atoms. The highest BCUT2D eigenvalue weighted by Crippen LogP contribution is 2.26. The molecule has 0 radical (unpaired) electrons. The van der Waals surface area contributed by atoms with Gasteiger partial charge in [0.1, 0.15) is 0 Å². The van der Waals surface area contributed by atoms with Gasteiger partial charge in [-0.2, -0.15) is 5.10 Å². The number of aryl methyl sites for hydroxylation is 3. The summed E-state index contributed by atoms with van der Waals surface area (Å²) in [5.74, 6) is -0.189. The Morgan fingerprint density at radius 1 is 1.32 bits per heavy atom. The zero-order valence-corrected chi connectivity index (χ0v) is 11.6. The molecule has 5 nitrogen and oxygen atoms in total. The first-order chi connectivity index (χ1) is 8.90. The summed E-state index contributed by atoms with van der Waals surface area (Å²) in [6.45, 7) is 5.73. The minimum atomic E-state index is -0.189. The van der Waals surface area contributed by atoms with E-state index in [4.69, 9.17) is 5.73 Å². The van der Waals surface area contributed by atoms with Crippen molar-refractivity contribution in [1.82, 2.24) is 9.78 Å². The number of nitrogens with zero attached hydrogens (tertiary/aromatic N) is 2. The summed E-state index contributed by atoms with van der Waals surface area (Å²) < 4.78 is 1.62. The summed E-state index contributed by atoms with van der Waals surface area (Å²) in [4.78, 5) is 12.2.